The van der Waals surface area contributed by atoms with Gasteiger partial charge in [0.05, 0.1) is 29.2 Å². The highest BCUT2D eigenvalue weighted by Gasteiger charge is 2.17. The summed E-state index contributed by atoms with van der Waals surface area (Å²) in [5.41, 5.74) is 6.75. The van der Waals surface area contributed by atoms with E-state index in [2.05, 4.69) is 51.6 Å². The van der Waals surface area contributed by atoms with Gasteiger partial charge in [-0.1, -0.05) is 6.07 Å². The number of pyridine rings is 1. The molecule has 2 aromatic carbocycles. The molecule has 0 spiro atoms. The zero-order valence-corrected chi connectivity index (χ0v) is 19.1. The number of hydrogen-bond acceptors (Lipinski definition) is 9. The van der Waals surface area contributed by atoms with Crippen molar-refractivity contribution in [2.24, 2.45) is 0 Å². The van der Waals surface area contributed by atoms with Crippen LogP contribution in [0.4, 0.5) is 23.0 Å². The van der Waals surface area contributed by atoms with Gasteiger partial charge in [-0.15, -0.1) is 0 Å². The van der Waals surface area contributed by atoms with Crippen LogP contribution in [-0.4, -0.2) is 34.9 Å². The first-order valence-corrected chi connectivity index (χ1v) is 11.1. The number of aryl methyl sites for hydroxylation is 1. The Kier molecular flexibility index (Phi) is 5.13. The van der Waals surface area contributed by atoms with Crippen LogP contribution < -0.4 is 10.6 Å². The minimum atomic E-state index is 0.595. The molecule has 0 atom stereocenters. The molecule has 0 unspecified atom stereocenters. The Bertz CT molecular complexity index is 1770. The summed E-state index contributed by atoms with van der Waals surface area (Å²) in [7, 11) is 0. The molecule has 0 amide bonds. The van der Waals surface area contributed by atoms with Crippen molar-refractivity contribution in [3.63, 3.8) is 0 Å². The molecule has 3 N–H and O–H groups in total. The standard InChI is InChI=1S/C26H18N10/c1-15-4-9-19-21(29-12-32-25(19)35-17-7-5-16(11-27)6-8-17)20(15)36-24-18(3-2-10-28-24)22-23-26(33-13-30-22)34-14-31-23/h2-10,12-14H,1H3,(H,28,36)(H,29,32,35)(H,30,31,33,34). The highest BCUT2D eigenvalue weighted by molar-refractivity contribution is 6.01. The fourth-order valence-electron chi connectivity index (χ4n) is 4.03. The summed E-state index contributed by atoms with van der Waals surface area (Å²) in [5, 5.41) is 16.7. The molecule has 6 rings (SSSR count). The monoisotopic (exact) mass is 470 g/mol. The number of anilines is 4. The summed E-state index contributed by atoms with van der Waals surface area (Å²) in [5.74, 6) is 1.28. The Morgan fingerprint density at radius 1 is 0.806 bits per heavy atom. The van der Waals surface area contributed by atoms with Gasteiger partial charge in [-0.3, -0.25) is 0 Å². The Morgan fingerprint density at radius 2 is 1.67 bits per heavy atom. The Balaban J connectivity index is 1.43. The molecule has 0 radical (unpaired) electrons. The topological polar surface area (TPSA) is 141 Å². The fourth-order valence-corrected chi connectivity index (χ4v) is 4.03. The van der Waals surface area contributed by atoms with Crippen LogP contribution >= 0.6 is 0 Å². The van der Waals surface area contributed by atoms with E-state index >= 15 is 0 Å². The van der Waals surface area contributed by atoms with Crippen molar-refractivity contribution in [2.45, 2.75) is 6.92 Å². The minimum absolute atomic E-state index is 0.595. The van der Waals surface area contributed by atoms with Crippen molar-refractivity contribution < 1.29 is 0 Å². The van der Waals surface area contributed by atoms with Crippen LogP contribution in [0.15, 0.2) is 73.7 Å². The molecule has 0 saturated carbocycles. The maximum atomic E-state index is 9.06. The largest absolute Gasteiger partial charge is 0.340 e. The van der Waals surface area contributed by atoms with Gasteiger partial charge < -0.3 is 15.6 Å². The molecular weight excluding hydrogens is 452 g/mol. The van der Waals surface area contributed by atoms with Gasteiger partial charge in [-0.25, -0.2) is 29.9 Å². The van der Waals surface area contributed by atoms with Gasteiger partial charge in [0.1, 0.15) is 35.5 Å². The van der Waals surface area contributed by atoms with Crippen LogP contribution in [0.3, 0.4) is 0 Å². The number of H-pyrrole nitrogens is 1. The van der Waals surface area contributed by atoms with E-state index in [0.29, 0.717) is 34.1 Å². The molecule has 0 fully saturated rings. The summed E-state index contributed by atoms with van der Waals surface area (Å²) in [6, 6.07) is 17.1. The molecule has 0 aliphatic heterocycles. The zero-order valence-electron chi connectivity index (χ0n) is 19.1. The molecule has 0 aliphatic carbocycles. The van der Waals surface area contributed by atoms with Crippen LogP contribution in [0, 0.1) is 18.3 Å². The van der Waals surface area contributed by atoms with Crippen molar-refractivity contribution in [1.29, 1.82) is 5.26 Å². The molecule has 0 saturated heterocycles. The molecule has 172 valence electrons. The van der Waals surface area contributed by atoms with E-state index in [-0.39, 0.29) is 0 Å². The van der Waals surface area contributed by atoms with Crippen molar-refractivity contribution >= 4 is 45.1 Å². The van der Waals surface area contributed by atoms with Gasteiger partial charge >= 0.3 is 0 Å². The quantitative estimate of drug-likeness (QED) is 0.316. The lowest BCUT2D eigenvalue weighted by molar-refractivity contribution is 1.19. The number of nitriles is 1. The van der Waals surface area contributed by atoms with Gasteiger partial charge in [-0.2, -0.15) is 5.26 Å². The fraction of sp³-hybridized carbons (Fsp3) is 0.0385. The lowest BCUT2D eigenvalue weighted by Gasteiger charge is -2.16. The van der Waals surface area contributed by atoms with Crippen LogP contribution in [0.2, 0.25) is 0 Å². The third-order valence-corrected chi connectivity index (χ3v) is 5.82. The molecule has 36 heavy (non-hydrogen) atoms. The molecule has 0 aliphatic rings. The molecular formula is C26H18N10. The third kappa shape index (κ3) is 3.70. The summed E-state index contributed by atoms with van der Waals surface area (Å²) in [6.07, 6.45) is 6.35. The molecule has 4 aromatic heterocycles. The summed E-state index contributed by atoms with van der Waals surface area (Å²) in [6.45, 7) is 2.01. The summed E-state index contributed by atoms with van der Waals surface area (Å²) >= 11 is 0. The maximum absolute atomic E-state index is 9.06. The first kappa shape index (κ1) is 21.1. The maximum Gasteiger partial charge on any atom is 0.161 e. The van der Waals surface area contributed by atoms with Crippen molar-refractivity contribution in [3.05, 3.63) is 84.8 Å². The number of aromatic amines is 1. The number of aromatic nitrogens is 7. The van der Waals surface area contributed by atoms with Crippen molar-refractivity contribution in [1.82, 2.24) is 34.9 Å². The second-order valence-corrected chi connectivity index (χ2v) is 8.04. The van der Waals surface area contributed by atoms with E-state index in [1.54, 1.807) is 24.7 Å². The van der Waals surface area contributed by atoms with Crippen LogP contribution in [0.25, 0.3) is 33.3 Å². The van der Waals surface area contributed by atoms with E-state index in [1.165, 1.54) is 12.7 Å². The Labute approximate surface area is 205 Å². The number of benzene rings is 2. The van der Waals surface area contributed by atoms with E-state index in [0.717, 1.165) is 33.4 Å². The van der Waals surface area contributed by atoms with E-state index < -0.39 is 0 Å². The second-order valence-electron chi connectivity index (χ2n) is 8.04. The summed E-state index contributed by atoms with van der Waals surface area (Å²) < 4.78 is 0. The predicted octanol–water partition coefficient (Wildman–Crippen LogP) is 5.03. The number of fused-ring (bicyclic) bond motifs is 2. The Morgan fingerprint density at radius 3 is 2.53 bits per heavy atom. The minimum Gasteiger partial charge on any atom is -0.340 e. The smallest absolute Gasteiger partial charge is 0.161 e. The van der Waals surface area contributed by atoms with Gasteiger partial charge in [0.2, 0.25) is 0 Å². The van der Waals surface area contributed by atoms with E-state index in [4.69, 9.17) is 5.26 Å². The van der Waals surface area contributed by atoms with Crippen LogP contribution in [0.5, 0.6) is 0 Å². The first-order chi connectivity index (χ1) is 17.7. The summed E-state index contributed by atoms with van der Waals surface area (Å²) in [4.78, 5) is 29.8. The lowest BCUT2D eigenvalue weighted by Crippen LogP contribution is -2.03. The van der Waals surface area contributed by atoms with E-state index in [1.807, 2.05) is 43.3 Å². The average Bonchev–Trinajstić information content (AvgIpc) is 3.40. The van der Waals surface area contributed by atoms with Crippen molar-refractivity contribution in [3.8, 4) is 17.3 Å². The molecule has 10 heteroatoms. The van der Waals surface area contributed by atoms with Gasteiger partial charge in [0, 0.05) is 22.8 Å². The van der Waals surface area contributed by atoms with Gasteiger partial charge in [0.25, 0.3) is 0 Å². The van der Waals surface area contributed by atoms with Crippen molar-refractivity contribution in [2.75, 3.05) is 10.6 Å². The third-order valence-electron chi connectivity index (χ3n) is 5.82. The molecule has 10 nitrogen and oxygen atoms in total. The number of nitrogens with zero attached hydrogens (tertiary/aromatic N) is 7. The second kappa shape index (κ2) is 8.73. The SMILES string of the molecule is Cc1ccc2c(Nc3ccc(C#N)cc3)ncnc2c1Nc1ncccc1-c1ncnc2[nH]cnc12. The number of imidazole rings is 1. The van der Waals surface area contributed by atoms with Crippen LogP contribution in [0.1, 0.15) is 11.1 Å². The van der Waals surface area contributed by atoms with E-state index in [9.17, 15) is 0 Å². The average molecular weight is 471 g/mol. The first-order valence-electron chi connectivity index (χ1n) is 11.1. The highest BCUT2D eigenvalue weighted by atomic mass is 15.0. The predicted molar refractivity (Wildman–Crippen MR) is 137 cm³/mol. The van der Waals surface area contributed by atoms with Gasteiger partial charge in [-0.05, 0) is 55.0 Å². The highest BCUT2D eigenvalue weighted by Crippen LogP contribution is 2.35. The number of nitrogens with one attached hydrogen (secondary N) is 3. The van der Waals surface area contributed by atoms with Crippen LogP contribution in [-0.2, 0) is 0 Å². The number of rotatable bonds is 5. The lowest BCUT2D eigenvalue weighted by atomic mass is 10.1. The Hall–Kier alpha value is -5.43. The zero-order chi connectivity index (χ0) is 24.5. The molecule has 4 heterocycles. The molecule has 0 bridgehead atoms. The van der Waals surface area contributed by atoms with Gasteiger partial charge in [0.15, 0.2) is 5.65 Å². The molecule has 6 aromatic rings. The normalized spacial score (nSPS) is 10.9. The number of hydrogen-bond donors (Lipinski definition) is 3.